The van der Waals surface area contributed by atoms with Crippen LogP contribution < -0.4 is 5.43 Å². The van der Waals surface area contributed by atoms with Crippen molar-refractivity contribution in [3.63, 3.8) is 0 Å². The summed E-state index contributed by atoms with van der Waals surface area (Å²) in [5, 5.41) is 36.4. The summed E-state index contributed by atoms with van der Waals surface area (Å²) in [7, 11) is 0. The van der Waals surface area contributed by atoms with Crippen LogP contribution in [0, 0.1) is 30.3 Å². The van der Waals surface area contributed by atoms with Gasteiger partial charge in [-0.3, -0.25) is 35.8 Å². The number of nitro groups is 3. The van der Waals surface area contributed by atoms with Crippen molar-refractivity contribution < 1.29 is 19.2 Å². The Bertz CT molecular complexity index is 1120. The molecule has 0 amide bonds. The summed E-state index contributed by atoms with van der Waals surface area (Å²) in [4.78, 5) is 30.5. The summed E-state index contributed by atoms with van der Waals surface area (Å²) in [5.41, 5.74) is 2.08. The van der Waals surface area contributed by atoms with Crippen molar-refractivity contribution in [2.24, 2.45) is 5.10 Å². The van der Waals surface area contributed by atoms with E-state index in [1.54, 1.807) is 12.1 Å². The van der Waals surface area contributed by atoms with E-state index in [4.69, 9.17) is 4.42 Å². The van der Waals surface area contributed by atoms with Crippen molar-refractivity contribution in [1.29, 1.82) is 0 Å². The first-order chi connectivity index (χ1) is 13.8. The van der Waals surface area contributed by atoms with E-state index < -0.39 is 26.1 Å². The summed E-state index contributed by atoms with van der Waals surface area (Å²) >= 11 is 0. The van der Waals surface area contributed by atoms with Gasteiger partial charge in [0.15, 0.2) is 0 Å². The third-order valence-corrected chi connectivity index (χ3v) is 3.76. The zero-order chi connectivity index (χ0) is 21.0. The van der Waals surface area contributed by atoms with E-state index in [9.17, 15) is 30.3 Å². The molecule has 1 aromatic heterocycles. The van der Waals surface area contributed by atoms with Gasteiger partial charge >= 0.3 is 5.69 Å². The summed E-state index contributed by atoms with van der Waals surface area (Å²) in [6.07, 6.45) is 1.26. The third kappa shape index (κ3) is 4.39. The summed E-state index contributed by atoms with van der Waals surface area (Å²) in [6, 6.07) is 12.1. The molecule has 0 aliphatic heterocycles. The highest BCUT2D eigenvalue weighted by Gasteiger charge is 2.19. The maximum Gasteiger partial charge on any atom is 0.301 e. The van der Waals surface area contributed by atoms with Crippen LogP contribution in [0.15, 0.2) is 64.1 Å². The predicted molar refractivity (Wildman–Crippen MR) is 102 cm³/mol. The zero-order valence-corrected chi connectivity index (χ0v) is 14.4. The molecule has 2 aromatic carbocycles. The van der Waals surface area contributed by atoms with Gasteiger partial charge in [-0.15, -0.1) is 0 Å². The molecule has 12 nitrogen and oxygen atoms in total. The van der Waals surface area contributed by atoms with Crippen LogP contribution in [-0.2, 0) is 0 Å². The Kier molecular flexibility index (Phi) is 5.26. The lowest BCUT2D eigenvalue weighted by molar-refractivity contribution is -0.393. The molecule has 0 saturated carbocycles. The van der Waals surface area contributed by atoms with Gasteiger partial charge in [0.1, 0.15) is 17.2 Å². The van der Waals surface area contributed by atoms with Gasteiger partial charge in [0.05, 0.1) is 27.1 Å². The number of non-ortho nitro benzene ring substituents is 2. The van der Waals surface area contributed by atoms with E-state index in [-0.39, 0.29) is 11.4 Å². The van der Waals surface area contributed by atoms with Gasteiger partial charge < -0.3 is 4.42 Å². The minimum Gasteiger partial charge on any atom is -0.455 e. The molecule has 0 radical (unpaired) electrons. The van der Waals surface area contributed by atoms with Gasteiger partial charge in [0.2, 0.25) is 0 Å². The number of hydrazone groups is 1. The molecule has 29 heavy (non-hydrogen) atoms. The van der Waals surface area contributed by atoms with Crippen molar-refractivity contribution in [3.8, 4) is 11.3 Å². The van der Waals surface area contributed by atoms with Crippen molar-refractivity contribution in [1.82, 2.24) is 0 Å². The Morgan fingerprint density at radius 1 is 0.828 bits per heavy atom. The topological polar surface area (TPSA) is 167 Å². The molecule has 1 N–H and O–H groups in total. The van der Waals surface area contributed by atoms with E-state index in [1.807, 2.05) is 0 Å². The minimum atomic E-state index is -0.759. The molecule has 0 fully saturated rings. The Labute approximate surface area is 161 Å². The third-order valence-electron chi connectivity index (χ3n) is 3.76. The second-order valence-corrected chi connectivity index (χ2v) is 5.59. The van der Waals surface area contributed by atoms with Crippen molar-refractivity contribution >= 4 is 29.0 Å². The number of nitrogens with zero attached hydrogens (tertiary/aromatic N) is 4. The van der Waals surface area contributed by atoms with Crippen LogP contribution in [0.2, 0.25) is 0 Å². The van der Waals surface area contributed by atoms with Gasteiger partial charge in [0.25, 0.3) is 11.4 Å². The van der Waals surface area contributed by atoms with Crippen molar-refractivity contribution in [2.75, 3.05) is 5.43 Å². The highest BCUT2D eigenvalue weighted by molar-refractivity contribution is 5.79. The van der Waals surface area contributed by atoms with E-state index >= 15 is 0 Å². The molecule has 3 aromatic rings. The second kappa shape index (κ2) is 7.96. The zero-order valence-electron chi connectivity index (χ0n) is 14.4. The molecule has 0 spiro atoms. The normalized spacial score (nSPS) is 10.8. The van der Waals surface area contributed by atoms with Gasteiger partial charge in [-0.05, 0) is 30.3 Å². The van der Waals surface area contributed by atoms with Crippen LogP contribution in [0.4, 0.5) is 22.7 Å². The fourth-order valence-electron chi connectivity index (χ4n) is 2.37. The summed E-state index contributed by atoms with van der Waals surface area (Å²) < 4.78 is 5.55. The van der Waals surface area contributed by atoms with E-state index in [0.717, 1.165) is 12.1 Å². The molecular formula is C17H11N5O7. The number of hydrogen-bond acceptors (Lipinski definition) is 9. The molecule has 0 saturated heterocycles. The molecule has 0 aliphatic carbocycles. The predicted octanol–water partition coefficient (Wildman–Crippen LogP) is 4.12. The summed E-state index contributed by atoms with van der Waals surface area (Å²) in [5.74, 6) is 0.762. The Morgan fingerprint density at radius 3 is 2.10 bits per heavy atom. The van der Waals surface area contributed by atoms with Gasteiger partial charge in [-0.25, -0.2) is 0 Å². The molecule has 1 heterocycles. The molecule has 146 valence electrons. The molecule has 3 rings (SSSR count). The molecule has 12 heteroatoms. The summed E-state index contributed by atoms with van der Waals surface area (Å²) in [6.45, 7) is 0. The molecule has 0 aliphatic rings. The lowest BCUT2D eigenvalue weighted by Gasteiger charge is -2.01. The lowest BCUT2D eigenvalue weighted by Crippen LogP contribution is -1.98. The van der Waals surface area contributed by atoms with Crippen molar-refractivity contribution in [3.05, 3.63) is 90.7 Å². The number of rotatable bonds is 7. The van der Waals surface area contributed by atoms with E-state index in [0.29, 0.717) is 17.1 Å². The highest BCUT2D eigenvalue weighted by atomic mass is 16.6. The maximum absolute atomic E-state index is 11.1. The lowest BCUT2D eigenvalue weighted by atomic mass is 10.1. The van der Waals surface area contributed by atoms with Crippen LogP contribution in [0.1, 0.15) is 5.76 Å². The number of nitrogens with one attached hydrogen (secondary N) is 1. The molecule has 0 bridgehead atoms. The quantitative estimate of drug-likeness (QED) is 0.353. The number of hydrogen-bond donors (Lipinski definition) is 1. The first-order valence-corrected chi connectivity index (χ1v) is 7.92. The first kappa shape index (κ1) is 19.2. The minimum absolute atomic E-state index is 0.0287. The van der Waals surface area contributed by atoms with Crippen LogP contribution in [-0.4, -0.2) is 21.0 Å². The maximum atomic E-state index is 11.1. The second-order valence-electron chi connectivity index (χ2n) is 5.59. The van der Waals surface area contributed by atoms with Crippen LogP contribution in [0.5, 0.6) is 0 Å². The number of anilines is 1. The van der Waals surface area contributed by atoms with Gasteiger partial charge in [-0.1, -0.05) is 0 Å². The van der Waals surface area contributed by atoms with Crippen LogP contribution in [0.25, 0.3) is 11.3 Å². The van der Waals surface area contributed by atoms with E-state index in [2.05, 4.69) is 10.5 Å². The standard InChI is InChI=1S/C17H11N5O7/c23-20(24)12-3-1-11(2-4-12)17-8-6-14(29-17)10-18-19-15-7-5-13(21(25)26)9-16(15)22(27)28/h1-10,19H/b18-10-. The van der Waals surface area contributed by atoms with Gasteiger partial charge in [-0.2, -0.15) is 5.10 Å². The molecule has 0 unspecified atom stereocenters. The monoisotopic (exact) mass is 397 g/mol. The fourth-order valence-corrected chi connectivity index (χ4v) is 2.37. The average Bonchev–Trinajstić information content (AvgIpc) is 3.17. The van der Waals surface area contributed by atoms with Crippen molar-refractivity contribution in [2.45, 2.75) is 0 Å². The van der Waals surface area contributed by atoms with Crippen LogP contribution >= 0.6 is 0 Å². The van der Waals surface area contributed by atoms with Crippen LogP contribution in [0.3, 0.4) is 0 Å². The first-order valence-electron chi connectivity index (χ1n) is 7.92. The number of furan rings is 1. The highest BCUT2D eigenvalue weighted by Crippen LogP contribution is 2.29. The Hall–Kier alpha value is -4.61. The Balaban J connectivity index is 1.74. The number of nitro benzene ring substituents is 3. The van der Waals surface area contributed by atoms with Gasteiger partial charge in [0, 0.05) is 23.8 Å². The largest absolute Gasteiger partial charge is 0.455 e. The average molecular weight is 397 g/mol. The Morgan fingerprint density at radius 2 is 1.48 bits per heavy atom. The smallest absolute Gasteiger partial charge is 0.301 e. The molecule has 0 atom stereocenters. The molecular weight excluding hydrogens is 386 g/mol. The van der Waals surface area contributed by atoms with E-state index in [1.165, 1.54) is 36.5 Å². The fraction of sp³-hybridized carbons (Fsp3) is 0. The number of benzene rings is 2. The SMILES string of the molecule is O=[N+]([O-])c1ccc(-c2ccc(/C=N\Nc3ccc([N+](=O)[O-])cc3[N+](=O)[O-])o2)cc1.